The van der Waals surface area contributed by atoms with E-state index < -0.39 is 15.9 Å². The van der Waals surface area contributed by atoms with Gasteiger partial charge in [0.2, 0.25) is 10.0 Å². The smallest absolute Gasteiger partial charge is 0.232 e. The lowest BCUT2D eigenvalue weighted by molar-refractivity contribution is -0.117. The number of allylic oxidation sites excluding steroid dienone is 4. The molecule has 2 aromatic carbocycles. The molecule has 4 rings (SSSR count). The number of ether oxygens (including phenoxy) is 2. The van der Waals surface area contributed by atoms with Gasteiger partial charge in [-0.1, -0.05) is 38.5 Å². The van der Waals surface area contributed by atoms with Crippen molar-refractivity contribution in [2.24, 2.45) is 5.92 Å². The van der Waals surface area contributed by atoms with Crippen molar-refractivity contribution in [3.8, 4) is 17.6 Å². The molecule has 0 fully saturated rings. The summed E-state index contributed by atoms with van der Waals surface area (Å²) in [6.45, 7) is 8.16. The molecule has 1 aliphatic heterocycles. The van der Waals surface area contributed by atoms with Gasteiger partial charge in [-0.15, -0.1) is 0 Å². The fourth-order valence-corrected chi connectivity index (χ4v) is 7.50. The molecule has 0 aromatic heterocycles. The molecule has 10 heteroatoms. The summed E-state index contributed by atoms with van der Waals surface area (Å²) in [6.07, 6.45) is 3.77. The van der Waals surface area contributed by atoms with Crippen LogP contribution < -0.4 is 19.5 Å². The van der Waals surface area contributed by atoms with Gasteiger partial charge in [-0.05, 0) is 78.7 Å². The summed E-state index contributed by atoms with van der Waals surface area (Å²) in [5.41, 5.74) is 4.71. The highest BCUT2D eigenvalue weighted by atomic mass is 79.9. The first-order chi connectivity index (χ1) is 20.1. The van der Waals surface area contributed by atoms with Crippen LogP contribution >= 0.6 is 15.9 Å². The van der Waals surface area contributed by atoms with Gasteiger partial charge < -0.3 is 14.8 Å². The van der Waals surface area contributed by atoms with Crippen LogP contribution in [0.15, 0.2) is 63.4 Å². The molecular weight excluding hydrogens is 618 g/mol. The van der Waals surface area contributed by atoms with E-state index in [9.17, 15) is 18.5 Å². The van der Waals surface area contributed by atoms with Crippen LogP contribution in [0.3, 0.4) is 0 Å². The molecule has 2 N–H and O–H groups in total. The Bertz CT molecular complexity index is 1560. The SMILES string of the molecule is CCCC1CC(=O)C2=C(C1)NC(C)=C(C#N)C2c1cc(Br)c(OCc2ccccc2NS(=O)(=O)CCC)c(OCC)c1. The maximum atomic E-state index is 13.5. The van der Waals surface area contributed by atoms with E-state index in [1.54, 1.807) is 12.1 Å². The summed E-state index contributed by atoms with van der Waals surface area (Å²) in [7, 11) is -3.47. The number of nitriles is 1. The van der Waals surface area contributed by atoms with Crippen LogP contribution in [0.2, 0.25) is 0 Å². The summed E-state index contributed by atoms with van der Waals surface area (Å²) in [4.78, 5) is 13.5. The number of nitrogens with zero attached hydrogens (tertiary/aromatic N) is 1. The number of benzene rings is 2. The van der Waals surface area contributed by atoms with Gasteiger partial charge in [0.1, 0.15) is 6.61 Å². The lowest BCUT2D eigenvalue weighted by atomic mass is 9.72. The Balaban J connectivity index is 1.70. The van der Waals surface area contributed by atoms with E-state index in [-0.39, 0.29) is 18.1 Å². The van der Waals surface area contributed by atoms with Crippen LogP contribution in [0.25, 0.3) is 0 Å². The Morgan fingerprint density at radius 2 is 1.88 bits per heavy atom. The predicted molar refractivity (Wildman–Crippen MR) is 168 cm³/mol. The van der Waals surface area contributed by atoms with Gasteiger partial charge in [0.05, 0.1) is 40.1 Å². The van der Waals surface area contributed by atoms with Crippen molar-refractivity contribution in [1.29, 1.82) is 5.26 Å². The standard InChI is InChI=1S/C32H38BrN3O5S/c1-5-10-21-14-27-31(28(37)15-21)30(24(18-34)20(4)35-27)23-16-25(33)32(29(17-23)40-7-3)41-19-22-11-8-9-12-26(22)36-42(38,39)13-6-2/h8-9,11-12,16-17,21,30,35-36H,5-7,10,13-15,19H2,1-4H3. The first-order valence-corrected chi connectivity index (χ1v) is 16.9. The van der Waals surface area contributed by atoms with E-state index in [4.69, 9.17) is 9.47 Å². The van der Waals surface area contributed by atoms with E-state index in [0.29, 0.717) is 63.7 Å². The number of hydrogen-bond donors (Lipinski definition) is 2. The lowest BCUT2D eigenvalue weighted by Crippen LogP contribution is -2.34. The number of halogens is 1. The van der Waals surface area contributed by atoms with E-state index in [1.165, 1.54) is 0 Å². The average molecular weight is 657 g/mol. The number of Topliss-reactive ketones (excluding diaryl/α,β-unsaturated/α-hetero) is 1. The third-order valence-corrected chi connectivity index (χ3v) is 9.59. The molecule has 8 nitrogen and oxygen atoms in total. The topological polar surface area (TPSA) is 118 Å². The third kappa shape index (κ3) is 7.01. The predicted octanol–water partition coefficient (Wildman–Crippen LogP) is 7.10. The zero-order valence-corrected chi connectivity index (χ0v) is 27.0. The number of sulfonamides is 1. The van der Waals surface area contributed by atoms with Crippen LogP contribution in [-0.2, 0) is 21.4 Å². The number of carbonyl (C=O) groups is 1. The van der Waals surface area contributed by atoms with Gasteiger partial charge in [0, 0.05) is 29.0 Å². The molecule has 2 aromatic rings. The molecule has 224 valence electrons. The minimum Gasteiger partial charge on any atom is -0.490 e. The van der Waals surface area contributed by atoms with Crippen LogP contribution in [0.1, 0.15) is 76.8 Å². The maximum absolute atomic E-state index is 13.5. The summed E-state index contributed by atoms with van der Waals surface area (Å²) in [6, 6.07) is 13.2. The highest BCUT2D eigenvalue weighted by molar-refractivity contribution is 9.10. The fraction of sp³-hybridized carbons (Fsp3) is 0.438. The minimum atomic E-state index is -3.47. The summed E-state index contributed by atoms with van der Waals surface area (Å²) in [5, 5.41) is 13.5. The van der Waals surface area contributed by atoms with Crippen LogP contribution in [-0.4, -0.2) is 26.6 Å². The molecule has 0 spiro atoms. The van der Waals surface area contributed by atoms with Crippen molar-refractivity contribution in [1.82, 2.24) is 5.32 Å². The molecule has 2 unspecified atom stereocenters. The minimum absolute atomic E-state index is 0.0267. The highest BCUT2D eigenvalue weighted by Crippen LogP contribution is 2.47. The fourth-order valence-electron chi connectivity index (χ4n) is 5.75. The molecule has 42 heavy (non-hydrogen) atoms. The Hall–Kier alpha value is -3.29. The number of ketones is 1. The lowest BCUT2D eigenvalue weighted by Gasteiger charge is -2.35. The highest BCUT2D eigenvalue weighted by Gasteiger charge is 2.39. The van der Waals surface area contributed by atoms with Gasteiger partial charge in [0.15, 0.2) is 17.3 Å². The van der Waals surface area contributed by atoms with E-state index >= 15 is 0 Å². The third-order valence-electron chi connectivity index (χ3n) is 7.52. The van der Waals surface area contributed by atoms with Crippen molar-refractivity contribution < 1.29 is 22.7 Å². The number of carbonyl (C=O) groups excluding carboxylic acids is 1. The molecule has 0 amide bonds. The largest absolute Gasteiger partial charge is 0.490 e. The van der Waals surface area contributed by atoms with Gasteiger partial charge >= 0.3 is 0 Å². The Morgan fingerprint density at radius 3 is 2.57 bits per heavy atom. The van der Waals surface area contributed by atoms with E-state index in [0.717, 1.165) is 36.2 Å². The quantitative estimate of drug-likeness (QED) is 0.250. The van der Waals surface area contributed by atoms with E-state index in [1.807, 2.05) is 45.0 Å². The van der Waals surface area contributed by atoms with Gasteiger partial charge in [0.25, 0.3) is 0 Å². The number of hydrogen-bond acceptors (Lipinski definition) is 7. The normalized spacial score (nSPS) is 18.7. The van der Waals surface area contributed by atoms with Gasteiger partial charge in [-0.2, -0.15) is 5.26 Å². The average Bonchev–Trinajstić information content (AvgIpc) is 2.92. The first kappa shape index (κ1) is 31.6. The molecule has 2 atom stereocenters. The Labute approximate surface area is 257 Å². The van der Waals surface area contributed by atoms with Crippen molar-refractivity contribution in [3.63, 3.8) is 0 Å². The van der Waals surface area contributed by atoms with Crippen molar-refractivity contribution in [2.45, 2.75) is 72.3 Å². The second-order valence-corrected chi connectivity index (χ2v) is 13.4. The maximum Gasteiger partial charge on any atom is 0.232 e. The number of anilines is 1. The van der Waals surface area contributed by atoms with E-state index in [2.05, 4.69) is 39.0 Å². The summed E-state index contributed by atoms with van der Waals surface area (Å²) in [5.74, 6) is 0.796. The number of dihydropyridines is 1. The monoisotopic (exact) mass is 655 g/mol. The summed E-state index contributed by atoms with van der Waals surface area (Å²) < 4.78 is 40.3. The van der Waals surface area contributed by atoms with Gasteiger partial charge in [-0.3, -0.25) is 9.52 Å². The number of para-hydroxylation sites is 1. The molecule has 0 bridgehead atoms. The Morgan fingerprint density at radius 1 is 1.12 bits per heavy atom. The second kappa shape index (κ2) is 13.8. The zero-order chi connectivity index (χ0) is 30.4. The molecule has 1 aliphatic carbocycles. The molecule has 0 radical (unpaired) electrons. The van der Waals surface area contributed by atoms with Crippen molar-refractivity contribution in [2.75, 3.05) is 17.1 Å². The molecular formula is C32H38BrN3O5S. The van der Waals surface area contributed by atoms with Gasteiger partial charge in [-0.25, -0.2) is 8.42 Å². The zero-order valence-electron chi connectivity index (χ0n) is 24.6. The van der Waals surface area contributed by atoms with Crippen LogP contribution in [0.5, 0.6) is 11.5 Å². The molecule has 1 heterocycles. The summed E-state index contributed by atoms with van der Waals surface area (Å²) >= 11 is 3.65. The molecule has 2 aliphatic rings. The Kier molecular flexibility index (Phi) is 10.4. The second-order valence-electron chi connectivity index (χ2n) is 10.7. The number of nitrogens with one attached hydrogen (secondary N) is 2. The van der Waals surface area contributed by atoms with Crippen LogP contribution in [0, 0.1) is 17.2 Å². The molecule has 0 saturated carbocycles. The van der Waals surface area contributed by atoms with Crippen molar-refractivity contribution >= 4 is 37.4 Å². The number of rotatable bonds is 12. The van der Waals surface area contributed by atoms with Crippen molar-refractivity contribution in [3.05, 3.63) is 74.5 Å². The van der Waals surface area contributed by atoms with Crippen LogP contribution in [0.4, 0.5) is 5.69 Å². The first-order valence-electron chi connectivity index (χ1n) is 14.4. The molecule has 0 saturated heterocycles.